The van der Waals surface area contributed by atoms with E-state index in [1.807, 2.05) is 12.3 Å². The highest BCUT2D eigenvalue weighted by atomic mass is 16.3. The van der Waals surface area contributed by atoms with E-state index < -0.39 is 5.89 Å². The van der Waals surface area contributed by atoms with Crippen molar-refractivity contribution in [2.24, 2.45) is 11.8 Å². The van der Waals surface area contributed by atoms with Gasteiger partial charge in [0.15, 0.2) is 0 Å². The van der Waals surface area contributed by atoms with Crippen LogP contribution in [0.1, 0.15) is 57.2 Å². The minimum atomic E-state index is -0.698. The standard InChI is InChI=1S/C38H38N2O/c1-22(2)35(23(3)4)32-21-39-34(20-24(32)5)31-15-11-14-29-30-16-17-33(40-38(30)41-37(29)31)36-25(6)18-28(19-26(36)7)27-12-9-8-10-13-27/h8-23,35H,1-7H3/i35D. The number of hydrogen-bond donors (Lipinski definition) is 0. The lowest BCUT2D eigenvalue weighted by Gasteiger charge is -2.26. The van der Waals surface area contributed by atoms with Crippen LogP contribution in [0.3, 0.4) is 0 Å². The molecule has 41 heavy (non-hydrogen) atoms. The molecule has 0 bridgehead atoms. The topological polar surface area (TPSA) is 38.9 Å². The Kier molecular flexibility index (Phi) is 6.66. The highest BCUT2D eigenvalue weighted by Crippen LogP contribution is 2.39. The number of aryl methyl sites for hydroxylation is 3. The molecule has 0 saturated carbocycles. The minimum absolute atomic E-state index is 0.171. The lowest BCUT2D eigenvalue weighted by atomic mass is 9.79. The van der Waals surface area contributed by atoms with Crippen molar-refractivity contribution in [3.05, 3.63) is 107 Å². The summed E-state index contributed by atoms with van der Waals surface area (Å²) in [5.41, 5.74) is 12.1. The summed E-state index contributed by atoms with van der Waals surface area (Å²) in [6, 6.07) is 27.5. The van der Waals surface area contributed by atoms with Crippen LogP contribution in [0, 0.1) is 32.6 Å². The largest absolute Gasteiger partial charge is 0.437 e. The van der Waals surface area contributed by atoms with Gasteiger partial charge in [-0.15, -0.1) is 0 Å². The fraction of sp³-hybridized carbons (Fsp3) is 0.263. The molecule has 0 atom stereocenters. The second-order valence-electron chi connectivity index (χ2n) is 11.8. The van der Waals surface area contributed by atoms with Crippen molar-refractivity contribution in [3.8, 4) is 33.6 Å². The highest BCUT2D eigenvalue weighted by Gasteiger charge is 2.23. The molecule has 0 radical (unpaired) electrons. The maximum absolute atomic E-state index is 9.30. The minimum Gasteiger partial charge on any atom is -0.437 e. The highest BCUT2D eigenvalue weighted by molar-refractivity contribution is 6.08. The third-order valence-corrected chi connectivity index (χ3v) is 8.20. The molecule has 0 unspecified atom stereocenters. The number of furan rings is 1. The monoisotopic (exact) mass is 539 g/mol. The first kappa shape index (κ1) is 25.7. The molecule has 0 spiro atoms. The van der Waals surface area contributed by atoms with Gasteiger partial charge in [-0.25, -0.2) is 4.98 Å². The van der Waals surface area contributed by atoms with Crippen molar-refractivity contribution >= 4 is 22.1 Å². The van der Waals surface area contributed by atoms with Crippen LogP contribution in [0.25, 0.3) is 55.7 Å². The summed E-state index contributed by atoms with van der Waals surface area (Å²) in [6.45, 7) is 14.9. The number of pyridine rings is 2. The first-order chi connectivity index (χ1) is 20.1. The van der Waals surface area contributed by atoms with Gasteiger partial charge < -0.3 is 4.42 Å². The third kappa shape index (κ3) is 4.84. The molecule has 3 aromatic carbocycles. The van der Waals surface area contributed by atoms with Gasteiger partial charge in [-0.3, -0.25) is 4.98 Å². The van der Waals surface area contributed by atoms with Gasteiger partial charge in [-0.1, -0.05) is 82.3 Å². The lowest BCUT2D eigenvalue weighted by Crippen LogP contribution is -2.15. The number of hydrogen-bond acceptors (Lipinski definition) is 3. The third-order valence-electron chi connectivity index (χ3n) is 8.20. The number of rotatable bonds is 6. The molecule has 3 aromatic heterocycles. The second-order valence-corrected chi connectivity index (χ2v) is 11.8. The zero-order valence-electron chi connectivity index (χ0n) is 26.0. The van der Waals surface area contributed by atoms with Crippen LogP contribution in [0.2, 0.25) is 0 Å². The number of fused-ring (bicyclic) bond motifs is 3. The number of nitrogens with zero attached hydrogens (tertiary/aromatic N) is 2. The molecule has 6 aromatic rings. The molecule has 0 amide bonds. The van der Waals surface area contributed by atoms with E-state index in [1.165, 1.54) is 22.3 Å². The summed E-state index contributed by atoms with van der Waals surface area (Å²) in [6.07, 6.45) is 1.90. The normalized spacial score (nSPS) is 12.6. The SMILES string of the molecule is [2H]C(c1cnc(-c2cccc3c2oc2nc(-c4c(C)cc(-c5ccccc5)cc4C)ccc23)cc1C)(C(C)C)C(C)C. The van der Waals surface area contributed by atoms with E-state index in [0.29, 0.717) is 5.71 Å². The molecule has 206 valence electrons. The van der Waals surface area contributed by atoms with Crippen LogP contribution in [0.5, 0.6) is 0 Å². The first-order valence-electron chi connectivity index (χ1n) is 15.1. The van der Waals surface area contributed by atoms with Gasteiger partial charge in [0.25, 0.3) is 0 Å². The summed E-state index contributed by atoms with van der Waals surface area (Å²) < 4.78 is 15.8. The summed E-state index contributed by atoms with van der Waals surface area (Å²) in [7, 11) is 0. The Bertz CT molecular complexity index is 1900. The molecule has 0 aliphatic carbocycles. The molecule has 3 heterocycles. The summed E-state index contributed by atoms with van der Waals surface area (Å²) in [5, 5.41) is 2.02. The van der Waals surface area contributed by atoms with Crippen molar-refractivity contribution in [1.82, 2.24) is 9.97 Å². The quantitative estimate of drug-likeness (QED) is 0.211. The average Bonchev–Trinajstić information content (AvgIpc) is 3.34. The number of aromatic nitrogens is 2. The second kappa shape index (κ2) is 10.6. The maximum Gasteiger partial charge on any atom is 0.227 e. The van der Waals surface area contributed by atoms with Crippen LogP contribution >= 0.6 is 0 Å². The summed E-state index contributed by atoms with van der Waals surface area (Å²) in [4.78, 5) is 9.91. The lowest BCUT2D eigenvalue weighted by molar-refractivity contribution is 0.385. The molecular weight excluding hydrogens is 500 g/mol. The van der Waals surface area contributed by atoms with Crippen LogP contribution in [-0.2, 0) is 0 Å². The maximum atomic E-state index is 9.30. The van der Waals surface area contributed by atoms with E-state index in [-0.39, 0.29) is 11.8 Å². The zero-order chi connectivity index (χ0) is 29.8. The number of para-hydroxylation sites is 1. The molecule has 3 nitrogen and oxygen atoms in total. The van der Waals surface area contributed by atoms with Crippen LogP contribution in [0.15, 0.2) is 89.5 Å². The first-order valence-corrected chi connectivity index (χ1v) is 14.6. The van der Waals surface area contributed by atoms with Crippen molar-refractivity contribution < 1.29 is 5.79 Å². The smallest absolute Gasteiger partial charge is 0.227 e. The summed E-state index contributed by atoms with van der Waals surface area (Å²) in [5.74, 6) is -0.355. The molecule has 3 heteroatoms. The van der Waals surface area contributed by atoms with E-state index in [9.17, 15) is 1.37 Å². The summed E-state index contributed by atoms with van der Waals surface area (Å²) >= 11 is 0. The molecule has 0 saturated heterocycles. The number of benzene rings is 3. The molecule has 0 aliphatic heterocycles. The predicted octanol–water partition coefficient (Wildman–Crippen LogP) is 10.7. The van der Waals surface area contributed by atoms with Crippen LogP contribution < -0.4 is 0 Å². The van der Waals surface area contributed by atoms with Gasteiger partial charge in [-0.05, 0) is 96.1 Å². The Morgan fingerprint density at radius 2 is 1.39 bits per heavy atom. The Morgan fingerprint density at radius 3 is 2.05 bits per heavy atom. The van der Waals surface area contributed by atoms with E-state index in [0.717, 1.165) is 50.0 Å². The van der Waals surface area contributed by atoms with Crippen LogP contribution in [-0.4, -0.2) is 9.97 Å². The molecule has 0 fully saturated rings. The Balaban J connectivity index is 1.44. The van der Waals surface area contributed by atoms with Crippen LogP contribution in [0.4, 0.5) is 0 Å². The molecular formula is C38H38N2O. The van der Waals surface area contributed by atoms with Crippen molar-refractivity contribution in [1.29, 1.82) is 0 Å². The van der Waals surface area contributed by atoms with Gasteiger partial charge in [0.1, 0.15) is 5.58 Å². The predicted molar refractivity (Wildman–Crippen MR) is 172 cm³/mol. The van der Waals surface area contributed by atoms with Gasteiger partial charge in [-0.2, -0.15) is 0 Å². The van der Waals surface area contributed by atoms with Crippen molar-refractivity contribution in [2.45, 2.75) is 54.4 Å². The zero-order valence-corrected chi connectivity index (χ0v) is 25.0. The van der Waals surface area contributed by atoms with E-state index in [2.05, 4.69) is 121 Å². The molecule has 6 rings (SSSR count). The van der Waals surface area contributed by atoms with E-state index in [4.69, 9.17) is 14.4 Å². The van der Waals surface area contributed by atoms with Gasteiger partial charge in [0, 0.05) is 29.5 Å². The van der Waals surface area contributed by atoms with E-state index >= 15 is 0 Å². The van der Waals surface area contributed by atoms with Gasteiger partial charge >= 0.3 is 0 Å². The Morgan fingerprint density at radius 1 is 0.683 bits per heavy atom. The Hall–Kier alpha value is -4.24. The molecule has 0 aliphatic rings. The van der Waals surface area contributed by atoms with E-state index in [1.54, 1.807) is 0 Å². The Labute approximate surface area is 244 Å². The fourth-order valence-corrected chi connectivity index (χ4v) is 6.48. The average molecular weight is 540 g/mol. The molecule has 0 N–H and O–H groups in total. The van der Waals surface area contributed by atoms with Crippen molar-refractivity contribution in [2.75, 3.05) is 0 Å². The fourth-order valence-electron chi connectivity index (χ4n) is 6.48. The van der Waals surface area contributed by atoms with Gasteiger partial charge in [0.05, 0.1) is 11.4 Å². The van der Waals surface area contributed by atoms with Crippen molar-refractivity contribution in [3.63, 3.8) is 0 Å². The van der Waals surface area contributed by atoms with Gasteiger partial charge in [0.2, 0.25) is 5.71 Å².